The number of carbonyl (C=O) groups is 1. The highest BCUT2D eigenvalue weighted by Crippen LogP contribution is 2.19. The number of aliphatic hydroxyl groups excluding tert-OH is 1. The van der Waals surface area contributed by atoms with Crippen LogP contribution in [0.2, 0.25) is 0 Å². The van der Waals surface area contributed by atoms with Gasteiger partial charge in [-0.25, -0.2) is 4.98 Å². The zero-order chi connectivity index (χ0) is 24.9. The molecule has 36 heavy (non-hydrogen) atoms. The second kappa shape index (κ2) is 11.5. The Morgan fingerprint density at radius 1 is 1.00 bits per heavy atom. The summed E-state index contributed by atoms with van der Waals surface area (Å²) in [6.07, 6.45) is 2.56. The summed E-state index contributed by atoms with van der Waals surface area (Å²) in [5, 5.41) is 13.8. The molecule has 0 radical (unpaired) electrons. The molecule has 1 aromatic heterocycles. The summed E-state index contributed by atoms with van der Waals surface area (Å²) in [5.41, 5.74) is 2.97. The second-order valence-corrected chi connectivity index (χ2v) is 10.1. The van der Waals surface area contributed by atoms with Crippen molar-refractivity contribution in [3.05, 3.63) is 66.0 Å². The van der Waals surface area contributed by atoms with Crippen LogP contribution in [0.5, 0.6) is 0 Å². The molecule has 2 fully saturated rings. The largest absolute Gasteiger partial charge is 0.377 e. The fraction of sp³-hybridized carbons (Fsp3) is 0.500. The smallest absolute Gasteiger partial charge is 0.287 e. The number of piperidine rings is 1. The van der Waals surface area contributed by atoms with Gasteiger partial charge in [0.05, 0.1) is 17.6 Å². The van der Waals surface area contributed by atoms with Gasteiger partial charge >= 0.3 is 0 Å². The summed E-state index contributed by atoms with van der Waals surface area (Å²) >= 11 is 0. The van der Waals surface area contributed by atoms with Crippen LogP contribution in [0.4, 0.5) is 0 Å². The van der Waals surface area contributed by atoms with Crippen molar-refractivity contribution in [1.29, 1.82) is 0 Å². The minimum atomic E-state index is -0.698. The van der Waals surface area contributed by atoms with Crippen LogP contribution in [0.15, 0.2) is 54.6 Å². The third kappa shape index (κ3) is 5.78. The van der Waals surface area contributed by atoms with E-state index in [1.54, 1.807) is 0 Å². The number of aliphatic hydroxyl groups is 1. The summed E-state index contributed by atoms with van der Waals surface area (Å²) in [6, 6.07) is 18.8. The number of nitrogens with zero attached hydrogens (tertiary/aromatic N) is 5. The van der Waals surface area contributed by atoms with E-state index >= 15 is 0 Å². The molecule has 192 valence electrons. The maximum Gasteiger partial charge on any atom is 0.287 e. The number of carbonyl (C=O) groups excluding carboxylic acids is 1. The van der Waals surface area contributed by atoms with E-state index < -0.39 is 6.23 Å². The number of hydrogen-bond donors (Lipinski definition) is 2. The molecule has 1 unspecified atom stereocenters. The maximum absolute atomic E-state index is 13.2. The predicted octanol–water partition coefficient (Wildman–Crippen LogP) is 2.04. The number of imidazole rings is 1. The van der Waals surface area contributed by atoms with E-state index in [1.807, 2.05) is 47.0 Å². The number of hydrogen-bond acceptors (Lipinski definition) is 6. The van der Waals surface area contributed by atoms with Gasteiger partial charge in [-0.2, -0.15) is 0 Å². The number of likely N-dealkylation sites (tertiary alicyclic amines) is 1. The topological polar surface area (TPSA) is 76.9 Å². The van der Waals surface area contributed by atoms with Crippen LogP contribution in [0, 0.1) is 0 Å². The molecule has 2 saturated heterocycles. The number of nitrogens with one attached hydrogen (secondary N) is 1. The van der Waals surface area contributed by atoms with Crippen LogP contribution in [-0.4, -0.2) is 100 Å². The quantitative estimate of drug-likeness (QED) is 0.503. The minimum absolute atomic E-state index is 0.189. The number of piperazine rings is 1. The lowest BCUT2D eigenvalue weighted by molar-refractivity contribution is -0.0349. The van der Waals surface area contributed by atoms with Gasteiger partial charge in [0, 0.05) is 38.8 Å². The molecule has 3 aromatic rings. The third-order valence-corrected chi connectivity index (χ3v) is 7.74. The second-order valence-electron chi connectivity index (χ2n) is 10.1. The molecule has 5 rings (SSSR count). The van der Waals surface area contributed by atoms with E-state index in [-0.39, 0.29) is 12.5 Å². The van der Waals surface area contributed by atoms with Crippen LogP contribution in [0.3, 0.4) is 0 Å². The van der Waals surface area contributed by atoms with Gasteiger partial charge in [0.1, 0.15) is 6.23 Å². The summed E-state index contributed by atoms with van der Waals surface area (Å²) in [5.74, 6) is 0.148. The highest BCUT2D eigenvalue weighted by Gasteiger charge is 2.29. The summed E-state index contributed by atoms with van der Waals surface area (Å²) in [4.78, 5) is 24.9. The first-order valence-electron chi connectivity index (χ1n) is 13.2. The molecule has 3 heterocycles. The summed E-state index contributed by atoms with van der Waals surface area (Å²) in [7, 11) is 2.19. The van der Waals surface area contributed by atoms with Gasteiger partial charge in [0.2, 0.25) is 0 Å². The van der Waals surface area contributed by atoms with Gasteiger partial charge < -0.3 is 19.9 Å². The molecular formula is C28H38N6O2. The minimum Gasteiger partial charge on any atom is -0.377 e. The van der Waals surface area contributed by atoms with Crippen molar-refractivity contribution >= 4 is 16.9 Å². The standard InChI is InChI=1S/C28H38N6O2/c1-31-14-12-23(13-15-31)32-17-19-33(20-18-32)26(35)21-29-28(36)27-30-24-9-5-6-10-25(24)34(27)16-11-22-7-3-2-4-8-22/h2-10,23,26,35H,11-21H2,1H3,(H,29,36). The van der Waals surface area contributed by atoms with Crippen LogP contribution >= 0.6 is 0 Å². The maximum atomic E-state index is 13.2. The molecule has 0 spiro atoms. The SMILES string of the molecule is CN1CCC(N2CCN(C(O)CNC(=O)c3nc4ccccc4n3CCc3ccccc3)CC2)CC1. The lowest BCUT2D eigenvalue weighted by Gasteiger charge is -2.43. The Balaban J connectivity index is 1.17. The Hall–Kier alpha value is -2.78. The summed E-state index contributed by atoms with van der Waals surface area (Å²) < 4.78 is 1.99. The molecule has 8 nitrogen and oxygen atoms in total. The van der Waals surface area contributed by atoms with Crippen molar-refractivity contribution in [2.24, 2.45) is 0 Å². The molecule has 8 heteroatoms. The van der Waals surface area contributed by atoms with E-state index in [0.717, 1.165) is 56.7 Å². The Kier molecular flexibility index (Phi) is 7.96. The van der Waals surface area contributed by atoms with E-state index in [1.165, 1.54) is 18.4 Å². The van der Waals surface area contributed by atoms with Gasteiger partial charge in [-0.3, -0.25) is 14.6 Å². The number of amides is 1. The highest BCUT2D eigenvalue weighted by atomic mass is 16.3. The Labute approximate surface area is 213 Å². The average molecular weight is 491 g/mol. The number of para-hydroxylation sites is 2. The Morgan fingerprint density at radius 2 is 1.69 bits per heavy atom. The van der Waals surface area contributed by atoms with Gasteiger partial charge in [-0.1, -0.05) is 42.5 Å². The van der Waals surface area contributed by atoms with Gasteiger partial charge in [-0.15, -0.1) is 0 Å². The molecule has 0 aliphatic carbocycles. The number of fused-ring (bicyclic) bond motifs is 1. The van der Waals surface area contributed by atoms with E-state index in [4.69, 9.17) is 0 Å². The van der Waals surface area contributed by atoms with Crippen LogP contribution in [0.1, 0.15) is 29.0 Å². The van der Waals surface area contributed by atoms with Gasteiger partial charge in [-0.05, 0) is 57.1 Å². The van der Waals surface area contributed by atoms with Crippen molar-refractivity contribution in [2.75, 3.05) is 52.9 Å². The number of aryl methyl sites for hydroxylation is 2. The van der Waals surface area contributed by atoms with E-state index in [0.29, 0.717) is 18.4 Å². The molecule has 1 amide bonds. The van der Waals surface area contributed by atoms with Crippen LogP contribution < -0.4 is 5.32 Å². The van der Waals surface area contributed by atoms with Crippen molar-refractivity contribution < 1.29 is 9.90 Å². The first kappa shape index (κ1) is 24.9. The third-order valence-electron chi connectivity index (χ3n) is 7.74. The zero-order valence-corrected chi connectivity index (χ0v) is 21.2. The molecule has 1 atom stereocenters. The number of aromatic nitrogens is 2. The monoisotopic (exact) mass is 490 g/mol. The highest BCUT2D eigenvalue weighted by molar-refractivity contribution is 5.94. The fourth-order valence-corrected chi connectivity index (χ4v) is 5.51. The number of rotatable bonds is 8. The fourth-order valence-electron chi connectivity index (χ4n) is 5.51. The summed E-state index contributed by atoms with van der Waals surface area (Å²) in [6.45, 7) is 6.75. The van der Waals surface area contributed by atoms with Crippen molar-refractivity contribution in [3.63, 3.8) is 0 Å². The Morgan fingerprint density at radius 3 is 2.44 bits per heavy atom. The molecule has 2 N–H and O–H groups in total. The molecule has 2 aliphatic heterocycles. The normalized spacial score (nSPS) is 19.5. The Bertz CT molecular complexity index is 1130. The molecule has 0 saturated carbocycles. The molecular weight excluding hydrogens is 452 g/mol. The number of benzene rings is 2. The molecule has 2 aromatic carbocycles. The lowest BCUT2D eigenvalue weighted by Crippen LogP contribution is -2.56. The average Bonchev–Trinajstić information content (AvgIpc) is 3.30. The predicted molar refractivity (Wildman–Crippen MR) is 142 cm³/mol. The van der Waals surface area contributed by atoms with Crippen molar-refractivity contribution in [3.8, 4) is 0 Å². The molecule has 2 aliphatic rings. The van der Waals surface area contributed by atoms with E-state index in [2.05, 4.69) is 44.2 Å². The van der Waals surface area contributed by atoms with E-state index in [9.17, 15) is 9.90 Å². The van der Waals surface area contributed by atoms with Crippen molar-refractivity contribution in [2.45, 2.75) is 38.1 Å². The van der Waals surface area contributed by atoms with Gasteiger partial charge in [0.25, 0.3) is 5.91 Å². The first-order chi connectivity index (χ1) is 17.6. The van der Waals surface area contributed by atoms with Crippen LogP contribution in [-0.2, 0) is 13.0 Å². The van der Waals surface area contributed by atoms with Gasteiger partial charge in [0.15, 0.2) is 5.82 Å². The van der Waals surface area contributed by atoms with Crippen LogP contribution in [0.25, 0.3) is 11.0 Å². The lowest BCUT2D eigenvalue weighted by atomic mass is 10.0. The molecule has 0 bridgehead atoms. The first-order valence-corrected chi connectivity index (χ1v) is 13.2. The zero-order valence-electron chi connectivity index (χ0n) is 21.2. The van der Waals surface area contributed by atoms with Crippen molar-refractivity contribution in [1.82, 2.24) is 29.6 Å².